The minimum atomic E-state index is -0.478. The van der Waals surface area contributed by atoms with Crippen LogP contribution in [-0.4, -0.2) is 29.2 Å². The molecule has 0 saturated heterocycles. The van der Waals surface area contributed by atoms with Crippen LogP contribution in [0.25, 0.3) is 0 Å². The Morgan fingerprint density at radius 2 is 1.88 bits per heavy atom. The summed E-state index contributed by atoms with van der Waals surface area (Å²) >= 11 is 9.21. The number of anilines is 3. The molecule has 24 heavy (non-hydrogen) atoms. The van der Waals surface area contributed by atoms with Gasteiger partial charge in [0.2, 0.25) is 11.7 Å². The Labute approximate surface area is 150 Å². The Kier molecular flexibility index (Phi) is 5.36. The van der Waals surface area contributed by atoms with Crippen molar-refractivity contribution < 1.29 is 9.47 Å². The number of methoxy groups -OCH3 is 2. The van der Waals surface area contributed by atoms with Crippen LogP contribution in [0.2, 0.25) is 5.15 Å². The van der Waals surface area contributed by atoms with Crippen molar-refractivity contribution in [2.75, 3.05) is 30.7 Å². The van der Waals surface area contributed by atoms with Crippen molar-refractivity contribution in [1.29, 1.82) is 0 Å². The molecule has 0 unspecified atom stereocenters. The van der Waals surface area contributed by atoms with Crippen molar-refractivity contribution in [1.82, 2.24) is 15.0 Å². The molecule has 0 spiro atoms. The van der Waals surface area contributed by atoms with E-state index < -0.39 is 5.56 Å². The second kappa shape index (κ2) is 7.11. The maximum absolute atomic E-state index is 12.1. The number of aromatic amines is 1. The van der Waals surface area contributed by atoms with E-state index in [0.717, 1.165) is 0 Å². The number of H-pyrrole nitrogens is 1. The summed E-state index contributed by atoms with van der Waals surface area (Å²) in [6.45, 7) is 0.0210. The van der Waals surface area contributed by atoms with Gasteiger partial charge in [0.25, 0.3) is 5.56 Å². The van der Waals surface area contributed by atoms with Crippen LogP contribution >= 0.6 is 27.5 Å². The Balaban J connectivity index is 2.45. The molecule has 0 atom stereocenters. The van der Waals surface area contributed by atoms with E-state index in [1.54, 1.807) is 0 Å². The van der Waals surface area contributed by atoms with Gasteiger partial charge in [0.05, 0.1) is 30.9 Å². The molecule has 2 heterocycles. The zero-order valence-electron chi connectivity index (χ0n) is 12.8. The number of nitrogens with zero attached hydrogens (tertiary/aromatic N) is 3. The van der Waals surface area contributed by atoms with Crippen LogP contribution < -0.4 is 37.4 Å². The average Bonchev–Trinajstić information content (AvgIpc) is 2.53. The van der Waals surface area contributed by atoms with Crippen molar-refractivity contribution in [3.63, 3.8) is 0 Å². The zero-order valence-corrected chi connectivity index (χ0v) is 15.1. The number of halogens is 2. The molecule has 0 aliphatic rings. The zero-order chi connectivity index (χ0) is 18.0. The number of rotatable bonds is 5. The van der Waals surface area contributed by atoms with Crippen molar-refractivity contribution >= 4 is 45.0 Å². The average molecular weight is 421 g/mol. The highest BCUT2D eigenvalue weighted by Gasteiger charge is 2.20. The summed E-state index contributed by atoms with van der Waals surface area (Å²) in [7, 11) is 2.77. The predicted molar refractivity (Wildman–Crippen MR) is 94.1 cm³/mol. The third kappa shape index (κ3) is 3.32. The van der Waals surface area contributed by atoms with Gasteiger partial charge in [-0.3, -0.25) is 9.80 Å². The normalized spacial score (nSPS) is 10.5. The lowest BCUT2D eigenvalue weighted by Gasteiger charge is -2.21. The first-order valence-electron chi connectivity index (χ1n) is 6.43. The van der Waals surface area contributed by atoms with E-state index >= 15 is 0 Å². The van der Waals surface area contributed by atoms with Gasteiger partial charge in [-0.2, -0.15) is 9.97 Å². The van der Waals surface area contributed by atoms with Crippen molar-refractivity contribution in [2.45, 2.75) is 6.54 Å². The van der Waals surface area contributed by atoms with Crippen LogP contribution in [0.1, 0.15) is 5.69 Å². The SMILES string of the molecule is COc1c(Br)c(CN(N)c2nc(N)nc(Cl)c2N)[nH]c(=O)c1OC. The number of pyridine rings is 1. The Morgan fingerprint density at radius 3 is 2.46 bits per heavy atom. The van der Waals surface area contributed by atoms with Crippen LogP contribution in [0, 0.1) is 0 Å². The standard InChI is InChI=1S/C12H15BrClN7O3/c1-23-7-5(13)4(18-11(22)8(7)24-2)3-21(17)10-6(15)9(14)19-12(16)20-10/h3,15,17H2,1-2H3,(H,18,22)(H2,16,19,20). The Hall–Kier alpha value is -2.24. The minimum absolute atomic E-state index is 0.0205. The Bertz CT molecular complexity index is 829. The van der Waals surface area contributed by atoms with Crippen LogP contribution in [0.5, 0.6) is 11.5 Å². The molecular formula is C12H15BrClN7O3. The lowest BCUT2D eigenvalue weighted by atomic mass is 10.3. The molecule has 0 aromatic carbocycles. The second-order valence-corrected chi connectivity index (χ2v) is 5.70. The molecule has 0 fully saturated rings. The second-order valence-electron chi connectivity index (χ2n) is 4.55. The number of ether oxygens (including phenoxy) is 2. The molecule has 0 aliphatic carbocycles. The quantitative estimate of drug-likeness (QED) is 0.309. The molecule has 0 aliphatic heterocycles. The summed E-state index contributed by atoms with van der Waals surface area (Å²) in [6.07, 6.45) is 0. The maximum Gasteiger partial charge on any atom is 0.294 e. The number of aromatic nitrogens is 3. The summed E-state index contributed by atoms with van der Waals surface area (Å²) in [4.78, 5) is 22.4. The molecule has 0 saturated carbocycles. The van der Waals surface area contributed by atoms with Gasteiger partial charge in [-0.1, -0.05) is 11.6 Å². The highest BCUT2D eigenvalue weighted by molar-refractivity contribution is 9.10. The highest BCUT2D eigenvalue weighted by atomic mass is 79.9. The highest BCUT2D eigenvalue weighted by Crippen LogP contribution is 2.35. The minimum Gasteiger partial charge on any atom is -0.492 e. The summed E-state index contributed by atoms with van der Waals surface area (Å²) < 4.78 is 10.7. The first-order chi connectivity index (χ1) is 11.3. The van der Waals surface area contributed by atoms with Crippen LogP contribution in [0.15, 0.2) is 9.27 Å². The fourth-order valence-corrected chi connectivity index (χ4v) is 2.71. The van der Waals surface area contributed by atoms with Crippen LogP contribution in [0.3, 0.4) is 0 Å². The summed E-state index contributed by atoms with van der Waals surface area (Å²) in [6, 6.07) is 0. The third-order valence-corrected chi connectivity index (χ3v) is 4.17. The molecule has 12 heteroatoms. The van der Waals surface area contributed by atoms with Crippen LogP contribution in [-0.2, 0) is 6.54 Å². The van der Waals surface area contributed by atoms with Gasteiger partial charge >= 0.3 is 0 Å². The lowest BCUT2D eigenvalue weighted by molar-refractivity contribution is 0.347. The number of hydrogen-bond donors (Lipinski definition) is 4. The molecule has 2 aromatic rings. The van der Waals surface area contributed by atoms with Crippen molar-refractivity contribution in [2.24, 2.45) is 5.84 Å². The number of hydrogen-bond acceptors (Lipinski definition) is 9. The number of nitrogens with one attached hydrogen (secondary N) is 1. The molecule has 0 bridgehead atoms. The molecule has 2 rings (SSSR count). The first-order valence-corrected chi connectivity index (χ1v) is 7.60. The first kappa shape index (κ1) is 18.1. The Morgan fingerprint density at radius 1 is 1.25 bits per heavy atom. The van der Waals surface area contributed by atoms with E-state index in [-0.39, 0.29) is 40.7 Å². The molecule has 7 N–H and O–H groups in total. The van der Waals surface area contributed by atoms with Gasteiger partial charge in [-0.25, -0.2) is 5.84 Å². The predicted octanol–water partition coefficient (Wildman–Crippen LogP) is 0.643. The summed E-state index contributed by atoms with van der Waals surface area (Å²) in [5, 5.41) is 1.15. The van der Waals surface area contributed by atoms with Gasteiger partial charge in [0.1, 0.15) is 5.69 Å². The molecule has 130 valence electrons. The van der Waals surface area contributed by atoms with Gasteiger partial charge in [-0.15, -0.1) is 0 Å². The van der Waals surface area contributed by atoms with Gasteiger partial charge in [-0.05, 0) is 15.9 Å². The number of hydrazine groups is 1. The van der Waals surface area contributed by atoms with Gasteiger partial charge in [0.15, 0.2) is 16.7 Å². The topological polar surface area (TPSA) is 158 Å². The van der Waals surface area contributed by atoms with Crippen molar-refractivity contribution in [3.8, 4) is 11.5 Å². The van der Waals surface area contributed by atoms with E-state index in [1.165, 1.54) is 19.2 Å². The monoisotopic (exact) mass is 419 g/mol. The summed E-state index contributed by atoms with van der Waals surface area (Å²) in [5.41, 5.74) is 11.4. The van der Waals surface area contributed by atoms with E-state index in [4.69, 9.17) is 38.4 Å². The smallest absolute Gasteiger partial charge is 0.294 e. The number of nitrogen functional groups attached to an aromatic ring is 2. The van der Waals surface area contributed by atoms with E-state index in [2.05, 4.69) is 30.9 Å². The molecular weight excluding hydrogens is 406 g/mol. The van der Waals surface area contributed by atoms with Crippen LogP contribution in [0.4, 0.5) is 17.5 Å². The fraction of sp³-hybridized carbons (Fsp3) is 0.250. The largest absolute Gasteiger partial charge is 0.492 e. The summed E-state index contributed by atoms with van der Waals surface area (Å²) in [5.74, 6) is 6.28. The van der Waals surface area contributed by atoms with E-state index in [1.807, 2.05) is 0 Å². The molecule has 10 nitrogen and oxygen atoms in total. The molecule has 2 aromatic heterocycles. The van der Waals surface area contributed by atoms with Gasteiger partial charge < -0.3 is 25.9 Å². The van der Waals surface area contributed by atoms with E-state index in [0.29, 0.717) is 10.2 Å². The molecule has 0 radical (unpaired) electrons. The van der Waals surface area contributed by atoms with Gasteiger partial charge in [0, 0.05) is 0 Å². The third-order valence-electron chi connectivity index (χ3n) is 3.05. The van der Waals surface area contributed by atoms with E-state index in [9.17, 15) is 4.79 Å². The maximum atomic E-state index is 12.1. The molecule has 0 amide bonds. The fourth-order valence-electron chi connectivity index (χ4n) is 1.98. The lowest BCUT2D eigenvalue weighted by Crippen LogP contribution is -2.33. The van der Waals surface area contributed by atoms with Crippen molar-refractivity contribution in [3.05, 3.63) is 25.7 Å². The number of nitrogens with two attached hydrogens (primary N) is 3.